The van der Waals surface area contributed by atoms with E-state index >= 15 is 0 Å². The predicted molar refractivity (Wildman–Crippen MR) is 283 cm³/mol. The Balaban J connectivity index is 0.972. The Morgan fingerprint density at radius 2 is 0.855 bits per heavy atom. The molecule has 8 heteroatoms. The van der Waals surface area contributed by atoms with Crippen LogP contribution in [0.1, 0.15) is 0 Å². The molecule has 14 rings (SSSR count). The van der Waals surface area contributed by atoms with Gasteiger partial charge in [-0.25, -0.2) is 15.0 Å². The molecular weight excluding hydrogens is 865 g/mol. The lowest BCUT2D eigenvalue weighted by Crippen LogP contribution is -2.25. The van der Waals surface area contributed by atoms with Crippen molar-refractivity contribution in [2.75, 3.05) is 14.7 Å². The molecule has 0 saturated heterocycles. The van der Waals surface area contributed by atoms with Crippen LogP contribution in [0, 0.1) is 0 Å². The molecule has 2 aliphatic heterocycles. The van der Waals surface area contributed by atoms with Crippen LogP contribution in [0.25, 0.3) is 66.9 Å². The summed E-state index contributed by atoms with van der Waals surface area (Å²) in [7, 11) is 0. The quantitative estimate of drug-likeness (QED) is 0.164. The van der Waals surface area contributed by atoms with Crippen LogP contribution in [0.15, 0.2) is 245 Å². The fourth-order valence-corrected chi connectivity index (χ4v) is 11.2. The highest BCUT2D eigenvalue weighted by molar-refractivity contribution is 7.99. The molecule has 4 heterocycles. The zero-order valence-corrected chi connectivity index (χ0v) is 37.8. The number of anilines is 9. The van der Waals surface area contributed by atoms with E-state index in [1.807, 2.05) is 66.4 Å². The van der Waals surface area contributed by atoms with Gasteiger partial charge in [-0.1, -0.05) is 151 Å². The SMILES string of the molecule is c1ccc(-c2nc(-c3ccc(N4c5ccccc5N(c5ccccc5)c5cc(N6c7ccccc7Sc7ccccc76)ccc54)c4ccccc34)nc(-c3cccc4c3oc3ccccc34)n2)cc1. The van der Waals surface area contributed by atoms with Gasteiger partial charge in [0.15, 0.2) is 17.5 Å². The van der Waals surface area contributed by atoms with E-state index in [1.54, 1.807) is 0 Å². The van der Waals surface area contributed by atoms with E-state index in [2.05, 4.69) is 191 Å². The summed E-state index contributed by atoms with van der Waals surface area (Å²) in [6, 6.07) is 81.1. The molecule has 0 radical (unpaired) electrons. The number of hydrogen-bond donors (Lipinski definition) is 0. The number of rotatable bonds is 6. The number of furan rings is 1. The smallest absolute Gasteiger partial charge is 0.167 e. The molecule has 2 aromatic heterocycles. The number of benzene rings is 10. The van der Waals surface area contributed by atoms with Gasteiger partial charge in [0, 0.05) is 48.5 Å². The molecule has 0 N–H and O–H groups in total. The minimum atomic E-state index is 0.546. The van der Waals surface area contributed by atoms with Gasteiger partial charge < -0.3 is 19.1 Å². The third-order valence-corrected chi connectivity index (χ3v) is 14.3. The number of fused-ring (bicyclic) bond motifs is 8. The van der Waals surface area contributed by atoms with Crippen LogP contribution in [-0.4, -0.2) is 15.0 Å². The Hall–Kier alpha value is -8.98. The Labute approximate surface area is 402 Å². The molecule has 10 aromatic carbocycles. The van der Waals surface area contributed by atoms with Gasteiger partial charge in [-0.15, -0.1) is 0 Å². The van der Waals surface area contributed by atoms with Gasteiger partial charge in [0.05, 0.1) is 45.4 Å². The molecule has 0 saturated carbocycles. The molecular formula is C61H38N6OS. The lowest BCUT2D eigenvalue weighted by Gasteiger charge is -2.41. The van der Waals surface area contributed by atoms with Gasteiger partial charge in [-0.3, -0.25) is 0 Å². The first-order valence-corrected chi connectivity index (χ1v) is 23.8. The van der Waals surface area contributed by atoms with Crippen molar-refractivity contribution in [1.82, 2.24) is 15.0 Å². The van der Waals surface area contributed by atoms with E-state index < -0.39 is 0 Å². The van der Waals surface area contributed by atoms with Crippen LogP contribution in [0.3, 0.4) is 0 Å². The molecule has 69 heavy (non-hydrogen) atoms. The third-order valence-electron chi connectivity index (χ3n) is 13.2. The Bertz CT molecular complexity index is 3940. The van der Waals surface area contributed by atoms with Crippen molar-refractivity contribution in [3.8, 4) is 34.2 Å². The minimum Gasteiger partial charge on any atom is -0.455 e. The molecule has 0 fully saturated rings. The van der Waals surface area contributed by atoms with Gasteiger partial charge in [0.1, 0.15) is 11.2 Å². The van der Waals surface area contributed by atoms with Crippen LogP contribution in [0.5, 0.6) is 0 Å². The zero-order valence-electron chi connectivity index (χ0n) is 36.9. The topological polar surface area (TPSA) is 61.5 Å². The standard InChI is InChI=1S/C61H38N6OS/c1-3-18-39(19-4-1)59-62-60(64-61(63-59)47-26-17-25-45-44-24-9-14-31-55(44)68-58(45)47)46-35-37-48(43-23-8-7-22-42(43)46)67-50-28-11-10-27-49(50)65(40-20-5-2-6-21-40)54-38-41(34-36-51(54)67)66-52-29-12-15-32-56(52)69-57-33-16-13-30-53(57)66/h1-38H. The normalized spacial score (nSPS) is 12.8. The number of hydrogen-bond acceptors (Lipinski definition) is 8. The second kappa shape index (κ2) is 15.8. The van der Waals surface area contributed by atoms with Crippen molar-refractivity contribution in [3.05, 3.63) is 231 Å². The molecule has 2 aliphatic rings. The van der Waals surface area contributed by atoms with Crippen LogP contribution in [-0.2, 0) is 0 Å². The number of nitrogens with zero attached hydrogens (tertiary/aromatic N) is 6. The summed E-state index contributed by atoms with van der Waals surface area (Å²) in [6.07, 6.45) is 0. The van der Waals surface area contributed by atoms with Crippen molar-refractivity contribution in [2.45, 2.75) is 9.79 Å². The summed E-state index contributed by atoms with van der Waals surface area (Å²) in [5.41, 5.74) is 14.0. The van der Waals surface area contributed by atoms with Gasteiger partial charge in [-0.05, 0) is 96.4 Å². The summed E-state index contributed by atoms with van der Waals surface area (Å²) in [6.45, 7) is 0. The fourth-order valence-electron chi connectivity index (χ4n) is 10.1. The molecule has 0 aliphatic carbocycles. The van der Waals surface area contributed by atoms with E-state index in [0.29, 0.717) is 17.5 Å². The Kier molecular flexibility index (Phi) is 9.00. The van der Waals surface area contributed by atoms with Crippen molar-refractivity contribution in [3.63, 3.8) is 0 Å². The maximum absolute atomic E-state index is 6.54. The largest absolute Gasteiger partial charge is 0.455 e. The summed E-state index contributed by atoms with van der Waals surface area (Å²) < 4.78 is 6.54. The molecule has 0 spiro atoms. The van der Waals surface area contributed by atoms with Crippen LogP contribution in [0.2, 0.25) is 0 Å². The van der Waals surface area contributed by atoms with E-state index in [-0.39, 0.29) is 0 Å². The van der Waals surface area contributed by atoms with Crippen molar-refractivity contribution >= 4 is 95.7 Å². The van der Waals surface area contributed by atoms with Crippen molar-refractivity contribution < 1.29 is 4.42 Å². The van der Waals surface area contributed by atoms with Crippen LogP contribution >= 0.6 is 11.8 Å². The molecule has 324 valence electrons. The highest BCUT2D eigenvalue weighted by Crippen LogP contribution is 2.58. The average Bonchev–Trinajstić information content (AvgIpc) is 3.81. The van der Waals surface area contributed by atoms with E-state index in [4.69, 9.17) is 19.4 Å². The molecule has 0 bridgehead atoms. The lowest BCUT2D eigenvalue weighted by molar-refractivity contribution is 0.669. The number of aromatic nitrogens is 3. The second-order valence-electron chi connectivity index (χ2n) is 17.2. The van der Waals surface area contributed by atoms with Gasteiger partial charge >= 0.3 is 0 Å². The molecule has 7 nitrogen and oxygen atoms in total. The van der Waals surface area contributed by atoms with Crippen LogP contribution in [0.4, 0.5) is 51.2 Å². The molecule has 0 atom stereocenters. The summed E-state index contributed by atoms with van der Waals surface area (Å²) in [4.78, 5) is 25.4. The molecule has 0 amide bonds. The summed E-state index contributed by atoms with van der Waals surface area (Å²) >= 11 is 1.82. The minimum absolute atomic E-state index is 0.546. The molecule has 0 unspecified atom stereocenters. The summed E-state index contributed by atoms with van der Waals surface area (Å²) in [5.74, 6) is 1.71. The Morgan fingerprint density at radius 1 is 0.319 bits per heavy atom. The molecule has 12 aromatic rings. The lowest BCUT2D eigenvalue weighted by atomic mass is 9.98. The predicted octanol–water partition coefficient (Wildman–Crippen LogP) is 17.1. The van der Waals surface area contributed by atoms with Crippen molar-refractivity contribution in [2.24, 2.45) is 0 Å². The maximum Gasteiger partial charge on any atom is 0.167 e. The zero-order chi connectivity index (χ0) is 45.4. The van der Waals surface area contributed by atoms with Crippen LogP contribution < -0.4 is 14.7 Å². The van der Waals surface area contributed by atoms with Gasteiger partial charge in [0.25, 0.3) is 0 Å². The monoisotopic (exact) mass is 902 g/mol. The van der Waals surface area contributed by atoms with E-state index in [9.17, 15) is 0 Å². The van der Waals surface area contributed by atoms with E-state index in [0.717, 1.165) is 101 Å². The van der Waals surface area contributed by atoms with Gasteiger partial charge in [0.2, 0.25) is 0 Å². The first-order valence-electron chi connectivity index (χ1n) is 23.0. The van der Waals surface area contributed by atoms with Gasteiger partial charge in [-0.2, -0.15) is 0 Å². The highest BCUT2D eigenvalue weighted by atomic mass is 32.2. The fraction of sp³-hybridized carbons (Fsp3) is 0. The third kappa shape index (κ3) is 6.34. The highest BCUT2D eigenvalue weighted by Gasteiger charge is 2.34. The number of para-hydroxylation sites is 7. The maximum atomic E-state index is 6.54. The van der Waals surface area contributed by atoms with E-state index in [1.165, 1.54) is 9.79 Å². The second-order valence-corrected chi connectivity index (χ2v) is 18.3. The average molecular weight is 903 g/mol. The summed E-state index contributed by atoms with van der Waals surface area (Å²) in [5, 5.41) is 4.16. The Morgan fingerprint density at radius 3 is 1.61 bits per heavy atom. The van der Waals surface area contributed by atoms with Crippen molar-refractivity contribution in [1.29, 1.82) is 0 Å². The first-order chi connectivity index (χ1) is 34.2. The first kappa shape index (κ1) is 39.2.